The lowest BCUT2D eigenvalue weighted by Crippen LogP contribution is -2.26. The predicted octanol–water partition coefficient (Wildman–Crippen LogP) is 13.2. The molecule has 6 aromatic rings. The predicted molar refractivity (Wildman–Crippen MR) is 218 cm³/mol. The number of nitriles is 1. The van der Waals surface area contributed by atoms with E-state index < -0.39 is 5.41 Å². The number of aryl methyl sites for hydroxylation is 4. The maximum Gasteiger partial charge on any atom is 0.0991 e. The van der Waals surface area contributed by atoms with Gasteiger partial charge < -0.3 is 4.90 Å². The molecule has 0 heterocycles. The highest BCUT2D eigenvalue weighted by molar-refractivity contribution is 5.96. The lowest BCUT2D eigenvalue weighted by atomic mass is 9.70. The number of hydrogen-bond donors (Lipinski definition) is 0. The number of hydrogen-bond acceptors (Lipinski definition) is 2. The smallest absolute Gasteiger partial charge is 0.0991 e. The summed E-state index contributed by atoms with van der Waals surface area (Å²) < 4.78 is 0. The molecule has 0 saturated heterocycles. The minimum Gasteiger partial charge on any atom is -0.310 e. The molecule has 258 valence electrons. The maximum absolute atomic E-state index is 10.2. The van der Waals surface area contributed by atoms with Crippen molar-refractivity contribution < 1.29 is 0 Å². The summed E-state index contributed by atoms with van der Waals surface area (Å²) in [6.07, 6.45) is 8.71. The summed E-state index contributed by atoms with van der Waals surface area (Å²) >= 11 is 0. The average Bonchev–Trinajstić information content (AvgIpc) is 3.62. The van der Waals surface area contributed by atoms with Crippen LogP contribution in [0.3, 0.4) is 0 Å². The van der Waals surface area contributed by atoms with Gasteiger partial charge in [0.25, 0.3) is 0 Å². The van der Waals surface area contributed by atoms with E-state index in [-0.39, 0.29) is 0 Å². The van der Waals surface area contributed by atoms with Crippen molar-refractivity contribution >= 4 is 17.1 Å². The van der Waals surface area contributed by atoms with Gasteiger partial charge in [0, 0.05) is 17.1 Å². The van der Waals surface area contributed by atoms with Crippen LogP contribution in [0.15, 0.2) is 121 Å². The molecule has 1 unspecified atom stereocenters. The van der Waals surface area contributed by atoms with Gasteiger partial charge in [-0.3, -0.25) is 0 Å². The molecule has 0 aliphatic heterocycles. The molecule has 2 aliphatic rings. The summed E-state index contributed by atoms with van der Waals surface area (Å²) in [5.41, 5.74) is 19.5. The van der Waals surface area contributed by atoms with E-state index in [0.29, 0.717) is 5.56 Å². The van der Waals surface area contributed by atoms with Crippen molar-refractivity contribution in [3.8, 4) is 28.3 Å². The van der Waals surface area contributed by atoms with Gasteiger partial charge in [0.2, 0.25) is 0 Å². The van der Waals surface area contributed by atoms with Gasteiger partial charge in [-0.2, -0.15) is 5.26 Å². The molecule has 0 aromatic heterocycles. The van der Waals surface area contributed by atoms with Gasteiger partial charge in [0.1, 0.15) is 0 Å². The minimum atomic E-state index is -0.527. The zero-order valence-electron chi connectivity index (χ0n) is 31.1. The summed E-state index contributed by atoms with van der Waals surface area (Å²) in [5, 5.41) is 10.2. The Morgan fingerprint density at radius 1 is 0.442 bits per heavy atom. The van der Waals surface area contributed by atoms with Crippen LogP contribution in [0.25, 0.3) is 22.3 Å². The average molecular weight is 677 g/mol. The molecule has 0 bridgehead atoms. The number of benzene rings is 6. The van der Waals surface area contributed by atoms with E-state index in [9.17, 15) is 5.26 Å². The van der Waals surface area contributed by atoms with Crippen molar-refractivity contribution in [1.29, 1.82) is 5.26 Å². The fraction of sp³-hybridized carbons (Fsp3) is 0.260. The van der Waals surface area contributed by atoms with Crippen LogP contribution in [-0.2, 0) is 31.1 Å². The van der Waals surface area contributed by atoms with E-state index in [1.807, 2.05) is 6.07 Å². The highest BCUT2D eigenvalue weighted by atomic mass is 15.1. The molecule has 2 heteroatoms. The van der Waals surface area contributed by atoms with Crippen LogP contribution in [-0.4, -0.2) is 0 Å². The Bertz CT molecular complexity index is 2220. The molecule has 1 spiro atoms. The fourth-order valence-corrected chi connectivity index (χ4v) is 9.26. The van der Waals surface area contributed by atoms with E-state index in [4.69, 9.17) is 0 Å². The molecule has 2 nitrogen and oxygen atoms in total. The topological polar surface area (TPSA) is 27.0 Å². The van der Waals surface area contributed by atoms with Gasteiger partial charge >= 0.3 is 0 Å². The number of rotatable bonds is 11. The van der Waals surface area contributed by atoms with Gasteiger partial charge in [-0.25, -0.2) is 0 Å². The Morgan fingerprint density at radius 3 is 1.33 bits per heavy atom. The van der Waals surface area contributed by atoms with E-state index >= 15 is 0 Å². The van der Waals surface area contributed by atoms with Crippen molar-refractivity contribution in [2.24, 2.45) is 0 Å². The first-order chi connectivity index (χ1) is 25.5. The molecule has 8 rings (SSSR count). The van der Waals surface area contributed by atoms with Gasteiger partial charge in [0.05, 0.1) is 17.0 Å². The van der Waals surface area contributed by atoms with Gasteiger partial charge in [-0.05, 0) is 141 Å². The maximum atomic E-state index is 10.2. The first-order valence-electron chi connectivity index (χ1n) is 19.5. The Kier molecular flexibility index (Phi) is 9.06. The fourth-order valence-electron chi connectivity index (χ4n) is 9.26. The molecular weight excluding hydrogens is 629 g/mol. The summed E-state index contributed by atoms with van der Waals surface area (Å²) in [7, 11) is 0. The van der Waals surface area contributed by atoms with Crippen LogP contribution in [0.5, 0.6) is 0 Å². The third-order valence-corrected chi connectivity index (χ3v) is 11.2. The zero-order valence-corrected chi connectivity index (χ0v) is 31.1. The first kappa shape index (κ1) is 33.7. The summed E-state index contributed by atoms with van der Waals surface area (Å²) in [6, 6.07) is 48.4. The van der Waals surface area contributed by atoms with Crippen LogP contribution in [0, 0.1) is 11.3 Å². The number of anilines is 3. The second-order valence-corrected chi connectivity index (χ2v) is 14.8. The Balaban J connectivity index is 1.43. The third kappa shape index (κ3) is 5.46. The zero-order chi connectivity index (χ0) is 35.8. The van der Waals surface area contributed by atoms with Crippen molar-refractivity contribution in [2.75, 3.05) is 4.90 Å². The number of fused-ring (bicyclic) bond motifs is 10. The van der Waals surface area contributed by atoms with Crippen molar-refractivity contribution in [3.63, 3.8) is 0 Å². The first-order valence-corrected chi connectivity index (χ1v) is 19.5. The third-order valence-electron chi connectivity index (χ3n) is 11.2. The molecule has 0 fully saturated rings. The minimum absolute atomic E-state index is 0.527. The summed E-state index contributed by atoms with van der Waals surface area (Å²) in [6.45, 7) is 9.12. The van der Waals surface area contributed by atoms with Crippen LogP contribution in [0.4, 0.5) is 17.1 Å². The van der Waals surface area contributed by atoms with Gasteiger partial charge in [-0.1, -0.05) is 126 Å². The molecule has 0 N–H and O–H groups in total. The molecule has 6 aromatic carbocycles. The molecule has 0 radical (unpaired) electrons. The second-order valence-electron chi connectivity index (χ2n) is 14.8. The van der Waals surface area contributed by atoms with Crippen LogP contribution in [0.1, 0.15) is 103 Å². The second kappa shape index (κ2) is 14.0. The number of nitrogens with zero attached hydrogens (tertiary/aromatic N) is 2. The molecule has 2 aliphatic carbocycles. The van der Waals surface area contributed by atoms with Gasteiger partial charge in [-0.15, -0.1) is 0 Å². The molecule has 0 saturated carbocycles. The molecule has 1 atom stereocenters. The highest BCUT2D eigenvalue weighted by Crippen LogP contribution is 2.63. The highest BCUT2D eigenvalue weighted by Gasteiger charge is 2.51. The monoisotopic (exact) mass is 676 g/mol. The standard InChI is InChI=1S/C50H48N2/c1-5-13-34-25-35(14-6-2)28-40(27-34)52(41-29-36(15-7-3)26-37(30-41)16-8-4)39-22-24-45-43-18-10-12-20-47(43)50(49(45)32-39)46-19-11-9-17-42(46)44-23-21-38(33-51)31-48(44)50/h9-12,17-32H,5-8,13-16H2,1-4H3. The van der Waals surface area contributed by atoms with Crippen LogP contribution >= 0.6 is 0 Å². The van der Waals surface area contributed by atoms with Crippen molar-refractivity contribution in [2.45, 2.75) is 84.5 Å². The summed E-state index contributed by atoms with van der Waals surface area (Å²) in [4.78, 5) is 2.54. The van der Waals surface area contributed by atoms with Gasteiger partial charge in [0.15, 0.2) is 0 Å². The van der Waals surface area contributed by atoms with E-state index in [0.717, 1.165) is 51.4 Å². The lowest BCUT2D eigenvalue weighted by molar-refractivity contribution is 0.793. The van der Waals surface area contributed by atoms with Crippen molar-refractivity contribution in [1.82, 2.24) is 0 Å². The Labute approximate surface area is 310 Å². The SMILES string of the molecule is CCCc1cc(CCC)cc(N(c2cc(CCC)cc(CCC)c2)c2ccc3c(c2)C2(c4ccccc4-c4ccc(C#N)cc42)c2ccccc2-3)c1. The van der Waals surface area contributed by atoms with Crippen LogP contribution in [0.2, 0.25) is 0 Å². The molecular formula is C50H48N2. The Hall–Kier alpha value is -5.39. The molecule has 0 amide bonds. The normalized spacial score (nSPS) is 14.8. The van der Waals surface area contributed by atoms with E-state index in [1.54, 1.807) is 0 Å². The summed E-state index contributed by atoms with van der Waals surface area (Å²) in [5.74, 6) is 0. The van der Waals surface area contributed by atoms with E-state index in [2.05, 4.69) is 154 Å². The molecule has 52 heavy (non-hydrogen) atoms. The van der Waals surface area contributed by atoms with Crippen molar-refractivity contribution in [3.05, 3.63) is 171 Å². The quantitative estimate of drug-likeness (QED) is 0.136. The largest absolute Gasteiger partial charge is 0.310 e. The van der Waals surface area contributed by atoms with Crippen LogP contribution < -0.4 is 4.90 Å². The van der Waals surface area contributed by atoms with E-state index in [1.165, 1.54) is 83.8 Å². The Morgan fingerprint density at radius 2 is 0.865 bits per heavy atom. The lowest BCUT2D eigenvalue weighted by Gasteiger charge is -2.32.